The normalized spacial score (nSPS) is 27.7. The van der Waals surface area contributed by atoms with Crippen LogP contribution in [-0.2, 0) is 4.79 Å². The van der Waals surface area contributed by atoms with Crippen LogP contribution >= 0.6 is 0 Å². The van der Waals surface area contributed by atoms with Crippen LogP contribution in [0.3, 0.4) is 0 Å². The average Bonchev–Trinajstić information content (AvgIpc) is 2.74. The van der Waals surface area contributed by atoms with Crippen molar-refractivity contribution in [1.29, 1.82) is 0 Å². The Kier molecular flexibility index (Phi) is 2.06. The second-order valence-corrected chi connectivity index (χ2v) is 3.33. The number of carboxylic acid groups (broad SMARTS) is 1. The minimum Gasteiger partial charge on any atom is -0.481 e. The van der Waals surface area contributed by atoms with Crippen molar-refractivity contribution in [3.63, 3.8) is 0 Å². The molecule has 0 aliphatic carbocycles. The van der Waals surface area contributed by atoms with E-state index in [4.69, 9.17) is 5.11 Å². The molecule has 0 radical (unpaired) electrons. The molecule has 1 aromatic rings. The number of aromatic amines is 1. The van der Waals surface area contributed by atoms with E-state index in [-0.39, 0.29) is 11.8 Å². The van der Waals surface area contributed by atoms with Gasteiger partial charge in [-0.3, -0.25) is 4.79 Å². The van der Waals surface area contributed by atoms with Crippen LogP contribution < -0.4 is 5.32 Å². The smallest absolute Gasteiger partial charge is 0.308 e. The van der Waals surface area contributed by atoms with Crippen LogP contribution in [-0.4, -0.2) is 29.1 Å². The Morgan fingerprint density at radius 1 is 1.54 bits per heavy atom. The molecule has 1 aliphatic rings. The van der Waals surface area contributed by atoms with Crippen molar-refractivity contribution in [1.82, 2.24) is 10.3 Å². The summed E-state index contributed by atoms with van der Waals surface area (Å²) in [7, 11) is 0. The van der Waals surface area contributed by atoms with Crippen molar-refractivity contribution >= 4 is 5.97 Å². The van der Waals surface area contributed by atoms with E-state index in [0.717, 1.165) is 12.2 Å². The number of carbonyl (C=O) groups is 1. The van der Waals surface area contributed by atoms with Crippen LogP contribution in [0.25, 0.3) is 0 Å². The van der Waals surface area contributed by atoms with Crippen molar-refractivity contribution in [2.45, 2.75) is 5.92 Å². The molecule has 2 unspecified atom stereocenters. The highest BCUT2D eigenvalue weighted by Gasteiger charge is 2.34. The van der Waals surface area contributed by atoms with Crippen LogP contribution in [0.1, 0.15) is 11.6 Å². The highest BCUT2D eigenvalue weighted by atomic mass is 16.4. The molecule has 1 fully saturated rings. The maximum atomic E-state index is 10.9. The van der Waals surface area contributed by atoms with Gasteiger partial charge in [0.2, 0.25) is 0 Å². The summed E-state index contributed by atoms with van der Waals surface area (Å²) in [5, 5.41) is 12.0. The lowest BCUT2D eigenvalue weighted by atomic mass is 9.93. The van der Waals surface area contributed by atoms with Crippen molar-refractivity contribution in [2.75, 3.05) is 13.1 Å². The first-order valence-electron chi connectivity index (χ1n) is 4.36. The molecule has 2 rings (SSSR count). The molecule has 4 nitrogen and oxygen atoms in total. The molecule has 4 heteroatoms. The summed E-state index contributed by atoms with van der Waals surface area (Å²) in [5.41, 5.74) is 1.01. The second-order valence-electron chi connectivity index (χ2n) is 3.33. The Hall–Kier alpha value is -1.29. The van der Waals surface area contributed by atoms with Crippen molar-refractivity contribution < 1.29 is 9.90 Å². The van der Waals surface area contributed by atoms with Gasteiger partial charge in [-0.1, -0.05) is 0 Å². The fourth-order valence-corrected chi connectivity index (χ4v) is 1.84. The van der Waals surface area contributed by atoms with Crippen LogP contribution in [0.5, 0.6) is 0 Å². The third-order valence-corrected chi connectivity index (χ3v) is 2.55. The summed E-state index contributed by atoms with van der Waals surface area (Å²) >= 11 is 0. The predicted octanol–water partition coefficient (Wildman–Crippen LogP) is 0.402. The highest BCUT2D eigenvalue weighted by molar-refractivity contribution is 5.72. The van der Waals surface area contributed by atoms with Gasteiger partial charge in [0, 0.05) is 30.9 Å². The van der Waals surface area contributed by atoms with Gasteiger partial charge in [-0.15, -0.1) is 0 Å². The Morgan fingerprint density at radius 2 is 2.38 bits per heavy atom. The van der Waals surface area contributed by atoms with Crippen LogP contribution in [0.2, 0.25) is 0 Å². The molecule has 1 saturated heterocycles. The summed E-state index contributed by atoms with van der Waals surface area (Å²) in [6.45, 7) is 1.32. The van der Waals surface area contributed by atoms with Gasteiger partial charge in [-0.2, -0.15) is 0 Å². The minimum atomic E-state index is -0.718. The number of aromatic nitrogens is 1. The van der Waals surface area contributed by atoms with Gasteiger partial charge in [-0.25, -0.2) is 0 Å². The first-order valence-corrected chi connectivity index (χ1v) is 4.36. The van der Waals surface area contributed by atoms with E-state index in [1.54, 1.807) is 0 Å². The first-order chi connectivity index (χ1) is 6.29. The maximum absolute atomic E-state index is 10.9. The van der Waals surface area contributed by atoms with E-state index in [2.05, 4.69) is 10.3 Å². The van der Waals surface area contributed by atoms with Gasteiger partial charge in [0.25, 0.3) is 0 Å². The molecule has 0 aromatic carbocycles. The maximum Gasteiger partial charge on any atom is 0.308 e. The zero-order valence-corrected chi connectivity index (χ0v) is 7.16. The zero-order chi connectivity index (χ0) is 9.26. The number of H-pyrrole nitrogens is 1. The van der Waals surface area contributed by atoms with E-state index in [1.807, 2.05) is 18.3 Å². The zero-order valence-electron chi connectivity index (χ0n) is 7.16. The fourth-order valence-electron chi connectivity index (χ4n) is 1.84. The number of aliphatic carboxylic acids is 1. The van der Waals surface area contributed by atoms with Crippen molar-refractivity contribution in [3.05, 3.63) is 24.0 Å². The molecule has 1 aromatic heterocycles. The van der Waals surface area contributed by atoms with E-state index in [1.165, 1.54) is 0 Å². The molecule has 3 N–H and O–H groups in total. The molecule has 13 heavy (non-hydrogen) atoms. The molecule has 1 aliphatic heterocycles. The first kappa shape index (κ1) is 8.31. The fraction of sp³-hybridized carbons (Fsp3) is 0.444. The monoisotopic (exact) mass is 180 g/mol. The number of hydrogen-bond donors (Lipinski definition) is 3. The number of hydrogen-bond acceptors (Lipinski definition) is 2. The lowest BCUT2D eigenvalue weighted by Crippen LogP contribution is -2.21. The second kappa shape index (κ2) is 3.22. The van der Waals surface area contributed by atoms with E-state index < -0.39 is 5.97 Å². The Balaban J connectivity index is 2.19. The topological polar surface area (TPSA) is 65.1 Å². The number of nitrogens with one attached hydrogen (secondary N) is 2. The van der Waals surface area contributed by atoms with Gasteiger partial charge in [0.15, 0.2) is 0 Å². The van der Waals surface area contributed by atoms with Gasteiger partial charge in [0.05, 0.1) is 5.92 Å². The molecular weight excluding hydrogens is 168 g/mol. The molecule has 2 atom stereocenters. The number of rotatable bonds is 2. The Bertz CT molecular complexity index is 295. The molecule has 2 heterocycles. The van der Waals surface area contributed by atoms with Crippen molar-refractivity contribution in [3.8, 4) is 0 Å². The summed E-state index contributed by atoms with van der Waals surface area (Å²) in [6.07, 6.45) is 1.83. The SMILES string of the molecule is O=C(O)C1CNCC1c1ccc[nH]1. The average molecular weight is 180 g/mol. The molecule has 0 bridgehead atoms. The van der Waals surface area contributed by atoms with Gasteiger partial charge in [0.1, 0.15) is 0 Å². The van der Waals surface area contributed by atoms with E-state index in [0.29, 0.717) is 6.54 Å². The Labute approximate surface area is 76.0 Å². The predicted molar refractivity (Wildman–Crippen MR) is 47.5 cm³/mol. The minimum absolute atomic E-state index is 0.0903. The molecule has 0 spiro atoms. The van der Waals surface area contributed by atoms with Gasteiger partial charge in [-0.05, 0) is 12.1 Å². The molecule has 70 valence electrons. The standard InChI is InChI=1S/C9H12N2O2/c12-9(13)7-5-10-4-6(7)8-2-1-3-11-8/h1-3,6-7,10-11H,4-5H2,(H,12,13). The summed E-state index contributed by atoms with van der Waals surface area (Å²) < 4.78 is 0. The van der Waals surface area contributed by atoms with Crippen molar-refractivity contribution in [2.24, 2.45) is 5.92 Å². The molecule has 0 amide bonds. The highest BCUT2D eigenvalue weighted by Crippen LogP contribution is 2.26. The molecule has 0 saturated carbocycles. The third-order valence-electron chi connectivity index (χ3n) is 2.55. The van der Waals surface area contributed by atoms with Gasteiger partial charge >= 0.3 is 5.97 Å². The van der Waals surface area contributed by atoms with Crippen LogP contribution in [0.15, 0.2) is 18.3 Å². The molecular formula is C9H12N2O2. The lowest BCUT2D eigenvalue weighted by Gasteiger charge is -2.12. The van der Waals surface area contributed by atoms with Crippen LogP contribution in [0, 0.1) is 5.92 Å². The largest absolute Gasteiger partial charge is 0.481 e. The summed E-state index contributed by atoms with van der Waals surface area (Å²) in [4.78, 5) is 13.9. The number of carboxylic acids is 1. The Morgan fingerprint density at radius 3 is 3.00 bits per heavy atom. The van der Waals surface area contributed by atoms with E-state index >= 15 is 0 Å². The van der Waals surface area contributed by atoms with Gasteiger partial charge < -0.3 is 15.4 Å². The van der Waals surface area contributed by atoms with E-state index in [9.17, 15) is 4.79 Å². The summed E-state index contributed by atoms with van der Waals surface area (Å²) in [5.74, 6) is -0.921. The lowest BCUT2D eigenvalue weighted by molar-refractivity contribution is -0.141. The third kappa shape index (κ3) is 1.45. The quantitative estimate of drug-likeness (QED) is 0.617. The van der Waals surface area contributed by atoms with Crippen LogP contribution in [0.4, 0.5) is 0 Å². The summed E-state index contributed by atoms with van der Waals surface area (Å²) in [6, 6.07) is 3.83.